The molecule has 20 nitrogen and oxygen atoms in total. The van der Waals surface area contributed by atoms with Gasteiger partial charge in [0.1, 0.15) is 11.6 Å². The Morgan fingerprint density at radius 3 is 1.47 bits per heavy atom. The Kier molecular flexibility index (Phi) is 22.6. The van der Waals surface area contributed by atoms with Gasteiger partial charge in [-0.25, -0.2) is 19.6 Å². The number of fused-ring (bicyclic) bond motifs is 2. The predicted molar refractivity (Wildman–Crippen MR) is 293 cm³/mol. The Balaban J connectivity index is 0.000000220. The number of primary amides is 2. The second-order valence-electron chi connectivity index (χ2n) is 18.8. The van der Waals surface area contributed by atoms with E-state index < -0.39 is 25.1 Å². The van der Waals surface area contributed by atoms with E-state index in [9.17, 15) is 24.0 Å². The molecule has 0 aliphatic carbocycles. The molecule has 8 heterocycles. The lowest BCUT2D eigenvalue weighted by Gasteiger charge is -2.32. The molecule has 5 aromatic rings. The van der Waals surface area contributed by atoms with Crippen molar-refractivity contribution in [1.29, 1.82) is 0 Å². The van der Waals surface area contributed by atoms with Crippen LogP contribution >= 0.6 is 31.9 Å². The Bertz CT molecular complexity index is 2730. The zero-order valence-electron chi connectivity index (χ0n) is 43.7. The molecule has 8 rings (SSSR count). The average molecular weight is 1150 g/mol. The van der Waals surface area contributed by atoms with Crippen molar-refractivity contribution in [3.05, 3.63) is 117 Å². The predicted octanol–water partition coefficient (Wildman–Crippen LogP) is 5.60. The van der Waals surface area contributed by atoms with E-state index in [1.165, 1.54) is 9.80 Å². The van der Waals surface area contributed by atoms with Crippen LogP contribution in [-0.2, 0) is 55.8 Å². The molecule has 0 spiro atoms. The first-order valence-corrected chi connectivity index (χ1v) is 25.3. The fraction of sp³-hybridized carbons (Fsp3) is 0.412. The number of nitrogens with two attached hydrogens (primary N) is 2. The van der Waals surface area contributed by atoms with Gasteiger partial charge in [-0.15, -0.1) is 0 Å². The molecule has 6 N–H and O–H groups in total. The van der Waals surface area contributed by atoms with Crippen molar-refractivity contribution in [2.75, 3.05) is 65.2 Å². The molecule has 0 bridgehead atoms. The largest absolute Gasteiger partial charge is 0.496 e. The molecule has 1 saturated heterocycles. The Hall–Kier alpha value is -6.40. The Morgan fingerprint density at radius 2 is 1.04 bits per heavy atom. The van der Waals surface area contributed by atoms with Crippen molar-refractivity contribution in [2.45, 2.75) is 83.8 Å². The van der Waals surface area contributed by atoms with E-state index in [0.29, 0.717) is 43.1 Å². The summed E-state index contributed by atoms with van der Waals surface area (Å²) in [6.07, 6.45) is 17.6. The monoisotopic (exact) mass is 1140 g/mol. The molecular weight excluding hydrogens is 1080 g/mol. The zero-order valence-corrected chi connectivity index (χ0v) is 46.9. The highest BCUT2D eigenvalue weighted by Gasteiger charge is 2.52. The number of aliphatic carboxylic acids is 1. The normalized spacial score (nSPS) is 14.6. The van der Waals surface area contributed by atoms with Crippen LogP contribution in [0.1, 0.15) is 68.4 Å². The first kappa shape index (κ1) is 60.2. The van der Waals surface area contributed by atoms with E-state index in [0.717, 1.165) is 73.5 Å². The topological polar surface area (TPSA) is 266 Å². The fourth-order valence-corrected chi connectivity index (χ4v) is 8.15. The lowest BCUT2D eigenvalue weighted by molar-refractivity contribution is -0.136. The molecule has 0 atom stereocenters. The molecule has 0 saturated carbocycles. The molecule has 23 heteroatoms. The highest BCUT2D eigenvalue weighted by molar-refractivity contribution is 9.10. The number of pyridine rings is 5. The lowest BCUT2D eigenvalue weighted by Crippen LogP contribution is -2.41. The SMILES string of the molecule is CC1(C)OB(c2cnc3c(c2)CCCN3C(N)=O)OC1(C)C.CN(C)C(=O)Cc1cncc(-c2cnc3c(c2)CCCN3C(N)=O)c1.CN(C)C(=O)Cc1cncc(Br)c1.CNC.O=C(O)Cc1cncc(Br)c1. The standard InChI is InChI=1S/C18H21N5O2.C15H22BN3O3.C9H11BrN2O.C7H6BrNO2.C2H7N/c1-22(2)16(24)7-12-6-14(10-20-9-12)15-8-13-4-3-5-23(18(19)25)17(13)21-11-15;1-14(2)15(3,4)22-16(21-14)11-8-10-6-5-7-19(13(17)20)12(10)18-9-11;1-12(2)9(13)4-7-3-8(10)6-11-5-7;8-6-1-5(2-7(10)11)3-9-4-6;1-3-2/h6,8-11H,3-5,7H2,1-2H3,(H2,19,25);8-9H,5-7H2,1-4H3,(H2,17,20);3,5-6H,4H2,1-2H3;1,3-4H,2H2,(H,10,11);3H,1-2H3. The van der Waals surface area contributed by atoms with E-state index in [1.807, 2.05) is 66.1 Å². The highest BCUT2D eigenvalue weighted by Crippen LogP contribution is 2.37. The number of nitrogens with one attached hydrogen (secondary N) is 1. The average Bonchev–Trinajstić information content (AvgIpc) is 3.56. The summed E-state index contributed by atoms with van der Waals surface area (Å²) in [6, 6.07) is 8.68. The Labute approximate surface area is 450 Å². The molecule has 3 aliphatic rings. The van der Waals surface area contributed by atoms with Gasteiger partial charge in [-0.2, -0.15) is 0 Å². The minimum absolute atomic E-state index is 0.0203. The number of carbonyl (C=O) groups is 5. The number of likely N-dealkylation sites (N-methyl/N-ethyl adjacent to an activating group) is 2. The van der Waals surface area contributed by atoms with Crippen molar-refractivity contribution in [2.24, 2.45) is 11.5 Å². The molecule has 0 unspecified atom stereocenters. The summed E-state index contributed by atoms with van der Waals surface area (Å²) in [5, 5.41) is 11.2. The van der Waals surface area contributed by atoms with Crippen molar-refractivity contribution in [1.82, 2.24) is 40.0 Å². The third-order valence-corrected chi connectivity index (χ3v) is 12.7. The Morgan fingerprint density at radius 1 is 0.635 bits per heavy atom. The number of hydrogen-bond donors (Lipinski definition) is 4. The quantitative estimate of drug-likeness (QED) is 0.138. The number of anilines is 2. The number of carboxylic acid groups (broad SMARTS) is 1. The van der Waals surface area contributed by atoms with Crippen LogP contribution in [0.2, 0.25) is 0 Å². The number of aromatic nitrogens is 5. The smallest absolute Gasteiger partial charge is 0.481 e. The minimum Gasteiger partial charge on any atom is -0.481 e. The van der Waals surface area contributed by atoms with Crippen LogP contribution in [0, 0.1) is 0 Å². The fourth-order valence-electron chi connectivity index (χ4n) is 7.33. The minimum atomic E-state index is -0.843. The number of halogens is 2. The molecule has 74 heavy (non-hydrogen) atoms. The molecule has 0 radical (unpaired) electrons. The summed E-state index contributed by atoms with van der Waals surface area (Å²) in [5.41, 5.74) is 17.2. The van der Waals surface area contributed by atoms with Crippen LogP contribution in [-0.4, -0.2) is 143 Å². The highest BCUT2D eigenvalue weighted by atomic mass is 79.9. The maximum absolute atomic E-state index is 11.9. The van der Waals surface area contributed by atoms with Gasteiger partial charge in [0.2, 0.25) is 11.8 Å². The van der Waals surface area contributed by atoms with Crippen molar-refractivity contribution in [3.8, 4) is 11.1 Å². The maximum Gasteiger partial charge on any atom is 0.496 e. The van der Waals surface area contributed by atoms with E-state index in [1.54, 1.807) is 93.6 Å². The number of carboxylic acids is 1. The van der Waals surface area contributed by atoms with Crippen LogP contribution in [0.15, 0.2) is 88.9 Å². The molecular formula is C51H67BBr2N12O8. The van der Waals surface area contributed by atoms with Crippen LogP contribution in [0.5, 0.6) is 0 Å². The summed E-state index contributed by atoms with van der Waals surface area (Å²) in [5.74, 6) is 0.554. The van der Waals surface area contributed by atoms with E-state index >= 15 is 0 Å². The number of aryl methyl sites for hydroxylation is 2. The number of nitrogens with zero attached hydrogens (tertiary/aromatic N) is 9. The molecule has 5 aromatic heterocycles. The van der Waals surface area contributed by atoms with Gasteiger partial charge in [0, 0.05) is 116 Å². The molecule has 396 valence electrons. The van der Waals surface area contributed by atoms with Crippen molar-refractivity contribution >= 4 is 85.9 Å². The van der Waals surface area contributed by atoms with E-state index in [4.69, 9.17) is 25.9 Å². The first-order valence-electron chi connectivity index (χ1n) is 23.7. The first-order chi connectivity index (χ1) is 34.9. The second-order valence-corrected chi connectivity index (χ2v) is 20.7. The third kappa shape index (κ3) is 17.6. The summed E-state index contributed by atoms with van der Waals surface area (Å²) < 4.78 is 13.8. The second kappa shape index (κ2) is 27.8. The van der Waals surface area contributed by atoms with Gasteiger partial charge in [0.05, 0.1) is 30.5 Å². The molecule has 6 amide bonds. The van der Waals surface area contributed by atoms with Crippen LogP contribution in [0.4, 0.5) is 21.2 Å². The van der Waals surface area contributed by atoms with Crippen molar-refractivity contribution < 1.29 is 38.4 Å². The number of carbonyl (C=O) groups excluding carboxylic acids is 4. The van der Waals surface area contributed by atoms with Gasteiger partial charge < -0.3 is 41.0 Å². The van der Waals surface area contributed by atoms with Gasteiger partial charge in [-0.3, -0.25) is 39.1 Å². The zero-order chi connectivity index (χ0) is 54.9. The summed E-state index contributed by atoms with van der Waals surface area (Å²) in [7, 11) is 10.3. The van der Waals surface area contributed by atoms with Gasteiger partial charge in [-0.1, -0.05) is 6.07 Å². The summed E-state index contributed by atoms with van der Waals surface area (Å²) in [4.78, 5) is 83.5. The van der Waals surface area contributed by atoms with Gasteiger partial charge in [-0.05, 0) is 151 Å². The molecule has 0 aromatic carbocycles. The van der Waals surface area contributed by atoms with Crippen LogP contribution < -0.4 is 32.0 Å². The van der Waals surface area contributed by atoms with Crippen LogP contribution in [0.3, 0.4) is 0 Å². The number of amides is 6. The van der Waals surface area contributed by atoms with E-state index in [-0.39, 0.29) is 29.4 Å². The van der Waals surface area contributed by atoms with Gasteiger partial charge in [0.25, 0.3) is 0 Å². The summed E-state index contributed by atoms with van der Waals surface area (Å²) >= 11 is 6.50. The molecule has 1 fully saturated rings. The van der Waals surface area contributed by atoms with Crippen LogP contribution in [0.25, 0.3) is 11.1 Å². The molecule has 3 aliphatic heterocycles. The number of hydrogen-bond acceptors (Lipinski definition) is 13. The lowest BCUT2D eigenvalue weighted by atomic mass is 9.79. The van der Waals surface area contributed by atoms with Gasteiger partial charge in [0.15, 0.2) is 0 Å². The number of rotatable bonds is 8. The third-order valence-electron chi connectivity index (χ3n) is 11.8. The van der Waals surface area contributed by atoms with Gasteiger partial charge >= 0.3 is 25.1 Å². The maximum atomic E-state index is 11.9. The summed E-state index contributed by atoms with van der Waals surface area (Å²) in [6.45, 7) is 9.30. The van der Waals surface area contributed by atoms with Crippen molar-refractivity contribution in [3.63, 3.8) is 0 Å². The van der Waals surface area contributed by atoms with E-state index in [2.05, 4.69) is 62.1 Å². The number of urea groups is 2.